The molecule has 0 aromatic heterocycles. The normalized spacial score (nSPS) is 12.7. The van der Waals surface area contributed by atoms with Crippen LogP contribution in [0.2, 0.25) is 0 Å². The molecule has 5 nitrogen and oxygen atoms in total. The zero-order valence-electron chi connectivity index (χ0n) is 42.5. The Morgan fingerprint density at radius 2 is 0.703 bits per heavy atom. The van der Waals surface area contributed by atoms with E-state index >= 15 is 0 Å². The zero-order chi connectivity index (χ0) is 46.3. The molecule has 0 spiro atoms. The zero-order valence-corrected chi connectivity index (χ0v) is 42.5. The predicted octanol–water partition coefficient (Wildman–Crippen LogP) is 18.7. The van der Waals surface area contributed by atoms with Crippen molar-refractivity contribution in [2.45, 2.75) is 271 Å². The monoisotopic (exact) mass is 893 g/mol. The van der Waals surface area contributed by atoms with Gasteiger partial charge in [0.15, 0.2) is 6.10 Å². The fraction of sp³-hybridized carbons (Fsp3) is 0.763. The van der Waals surface area contributed by atoms with Crippen LogP contribution in [0.25, 0.3) is 0 Å². The van der Waals surface area contributed by atoms with E-state index in [2.05, 4.69) is 93.7 Å². The molecule has 0 N–H and O–H groups in total. The number of hydrogen-bond acceptors (Lipinski definition) is 5. The molecular weight excluding hydrogens is 789 g/mol. The van der Waals surface area contributed by atoms with Gasteiger partial charge in [0.1, 0.15) is 6.61 Å². The van der Waals surface area contributed by atoms with E-state index in [9.17, 15) is 9.59 Å². The second-order valence-electron chi connectivity index (χ2n) is 18.1. The van der Waals surface area contributed by atoms with Crippen LogP contribution in [0.3, 0.4) is 0 Å². The van der Waals surface area contributed by atoms with Crippen molar-refractivity contribution in [1.82, 2.24) is 0 Å². The first-order valence-electron chi connectivity index (χ1n) is 27.5. The maximum atomic E-state index is 12.8. The molecule has 0 aliphatic carbocycles. The number of carbonyl (C=O) groups is 2. The molecule has 0 aromatic carbocycles. The molecule has 5 heteroatoms. The largest absolute Gasteiger partial charge is 0.462 e. The maximum Gasteiger partial charge on any atom is 0.306 e. The first kappa shape index (κ1) is 61.3. The van der Waals surface area contributed by atoms with Crippen molar-refractivity contribution in [1.29, 1.82) is 0 Å². The highest BCUT2D eigenvalue weighted by molar-refractivity contribution is 5.70. The smallest absolute Gasteiger partial charge is 0.306 e. The average Bonchev–Trinajstić information content (AvgIpc) is 3.30. The minimum Gasteiger partial charge on any atom is -0.462 e. The number of ether oxygens (including phenoxy) is 3. The number of hydrogen-bond donors (Lipinski definition) is 0. The predicted molar refractivity (Wildman–Crippen MR) is 279 cm³/mol. The Hall–Kier alpha value is -2.66. The molecule has 1 atom stereocenters. The maximum absolute atomic E-state index is 12.8. The summed E-state index contributed by atoms with van der Waals surface area (Å²) in [6, 6.07) is 0. The van der Waals surface area contributed by atoms with Gasteiger partial charge in [-0.2, -0.15) is 0 Å². The third-order valence-corrected chi connectivity index (χ3v) is 11.7. The van der Waals surface area contributed by atoms with E-state index < -0.39 is 6.10 Å². The van der Waals surface area contributed by atoms with Gasteiger partial charge in [0.05, 0.1) is 6.61 Å². The van der Waals surface area contributed by atoms with E-state index in [0.717, 1.165) is 96.3 Å². The first-order valence-corrected chi connectivity index (χ1v) is 27.5. The minimum atomic E-state index is -0.556. The van der Waals surface area contributed by atoms with E-state index in [1.807, 2.05) is 0 Å². The molecule has 0 fully saturated rings. The SMILES string of the molecule is CC/C=C\C/C=C\C/C=C\C/C=C\CCCCCCCOCC(COC(=O)CCCCCCC/C=C\CCCCCCCC)OC(=O)CCCCCCC/C=C\CCCCCCCC. The Morgan fingerprint density at radius 3 is 1.14 bits per heavy atom. The summed E-state index contributed by atoms with van der Waals surface area (Å²) in [7, 11) is 0. The molecule has 0 aliphatic heterocycles. The van der Waals surface area contributed by atoms with Crippen LogP contribution in [0, 0.1) is 0 Å². The summed E-state index contributed by atoms with van der Waals surface area (Å²) in [6.07, 6.45) is 70.5. The quantitative estimate of drug-likeness (QED) is 0.0346. The number of rotatable bonds is 50. The molecule has 0 saturated carbocycles. The fourth-order valence-electron chi connectivity index (χ4n) is 7.61. The average molecular weight is 893 g/mol. The van der Waals surface area contributed by atoms with Gasteiger partial charge in [0.2, 0.25) is 0 Å². The highest BCUT2D eigenvalue weighted by Crippen LogP contribution is 2.14. The van der Waals surface area contributed by atoms with Gasteiger partial charge in [-0.25, -0.2) is 0 Å². The Labute approximate surface area is 397 Å². The second-order valence-corrected chi connectivity index (χ2v) is 18.1. The minimum absolute atomic E-state index is 0.0688. The van der Waals surface area contributed by atoms with Gasteiger partial charge in [0.25, 0.3) is 0 Å². The van der Waals surface area contributed by atoms with Crippen LogP contribution in [-0.2, 0) is 23.8 Å². The Morgan fingerprint density at radius 1 is 0.359 bits per heavy atom. The summed E-state index contributed by atoms with van der Waals surface area (Å²) < 4.78 is 17.4. The highest BCUT2D eigenvalue weighted by atomic mass is 16.6. The molecule has 0 saturated heterocycles. The molecule has 0 aliphatic rings. The van der Waals surface area contributed by atoms with E-state index in [4.69, 9.17) is 14.2 Å². The number of esters is 2. The number of allylic oxidation sites excluding steroid dienone is 12. The summed E-state index contributed by atoms with van der Waals surface area (Å²) in [4.78, 5) is 25.5. The topological polar surface area (TPSA) is 61.8 Å². The highest BCUT2D eigenvalue weighted by Gasteiger charge is 2.17. The van der Waals surface area contributed by atoms with Gasteiger partial charge in [-0.15, -0.1) is 0 Å². The van der Waals surface area contributed by atoms with Gasteiger partial charge in [0, 0.05) is 19.4 Å². The van der Waals surface area contributed by atoms with E-state index in [0.29, 0.717) is 19.4 Å². The van der Waals surface area contributed by atoms with Crippen LogP contribution in [0.5, 0.6) is 0 Å². The summed E-state index contributed by atoms with van der Waals surface area (Å²) in [5.41, 5.74) is 0. The molecule has 0 aromatic rings. The van der Waals surface area contributed by atoms with Gasteiger partial charge in [-0.1, -0.05) is 216 Å². The lowest BCUT2D eigenvalue weighted by molar-refractivity contribution is -0.163. The van der Waals surface area contributed by atoms with E-state index in [1.165, 1.54) is 135 Å². The molecule has 0 amide bonds. The van der Waals surface area contributed by atoms with Crippen LogP contribution < -0.4 is 0 Å². The molecule has 0 rings (SSSR count). The van der Waals surface area contributed by atoms with Crippen LogP contribution in [0.4, 0.5) is 0 Å². The summed E-state index contributed by atoms with van der Waals surface area (Å²) in [5.74, 6) is -0.422. The van der Waals surface area contributed by atoms with Crippen LogP contribution in [0.1, 0.15) is 265 Å². The van der Waals surface area contributed by atoms with Gasteiger partial charge in [-0.3, -0.25) is 9.59 Å². The first-order chi connectivity index (χ1) is 31.6. The fourth-order valence-corrected chi connectivity index (χ4v) is 7.61. The van der Waals surface area contributed by atoms with Gasteiger partial charge in [-0.05, 0) is 109 Å². The van der Waals surface area contributed by atoms with Crippen LogP contribution in [-0.4, -0.2) is 37.9 Å². The third-order valence-electron chi connectivity index (χ3n) is 11.7. The van der Waals surface area contributed by atoms with Crippen molar-refractivity contribution < 1.29 is 23.8 Å². The molecule has 0 heterocycles. The summed E-state index contributed by atoms with van der Waals surface area (Å²) >= 11 is 0. The van der Waals surface area contributed by atoms with Crippen molar-refractivity contribution >= 4 is 11.9 Å². The van der Waals surface area contributed by atoms with Crippen molar-refractivity contribution in [3.05, 3.63) is 72.9 Å². The number of unbranched alkanes of at least 4 members (excludes halogenated alkanes) is 27. The van der Waals surface area contributed by atoms with Crippen molar-refractivity contribution in [2.24, 2.45) is 0 Å². The lowest BCUT2D eigenvalue weighted by atomic mass is 10.1. The van der Waals surface area contributed by atoms with Gasteiger partial charge >= 0.3 is 11.9 Å². The van der Waals surface area contributed by atoms with Crippen molar-refractivity contribution in [3.8, 4) is 0 Å². The number of carbonyl (C=O) groups excluding carboxylic acids is 2. The molecule has 0 radical (unpaired) electrons. The molecular formula is C59H104O5. The Kier molecular flexibility index (Phi) is 52.4. The molecule has 0 bridgehead atoms. The molecule has 64 heavy (non-hydrogen) atoms. The lowest BCUT2D eigenvalue weighted by Crippen LogP contribution is -2.30. The van der Waals surface area contributed by atoms with E-state index in [1.54, 1.807) is 0 Å². The third kappa shape index (κ3) is 52.0. The molecule has 370 valence electrons. The van der Waals surface area contributed by atoms with Crippen molar-refractivity contribution in [2.75, 3.05) is 19.8 Å². The second kappa shape index (κ2) is 54.7. The van der Waals surface area contributed by atoms with Crippen LogP contribution >= 0.6 is 0 Å². The Bertz CT molecular complexity index is 1150. The Balaban J connectivity index is 4.33. The molecule has 1 unspecified atom stereocenters. The van der Waals surface area contributed by atoms with Crippen LogP contribution in [0.15, 0.2) is 72.9 Å². The lowest BCUT2D eigenvalue weighted by Gasteiger charge is -2.18. The van der Waals surface area contributed by atoms with Crippen molar-refractivity contribution in [3.63, 3.8) is 0 Å². The van der Waals surface area contributed by atoms with Gasteiger partial charge < -0.3 is 14.2 Å². The van der Waals surface area contributed by atoms with E-state index in [-0.39, 0.29) is 25.2 Å². The standard InChI is InChI=1S/C59H104O5/c1-4-7-10-13-16-19-22-25-28-29-30-33-36-39-42-45-48-51-54-62-55-57(64-59(61)53-50-47-44-41-38-35-32-27-24-21-18-15-12-9-6-3)56-63-58(60)52-49-46-43-40-37-34-31-26-23-20-17-14-11-8-5-2/h7,10,16,19,25-28,30-33,57H,4-6,8-9,11-15,17-18,20-24,29,34-56H2,1-3H3/b10-7-,19-16-,28-25-,31-26-,32-27-,33-30-. The summed E-state index contributed by atoms with van der Waals surface area (Å²) in [6.45, 7) is 7.67. The summed E-state index contributed by atoms with van der Waals surface area (Å²) in [5, 5.41) is 0.